The van der Waals surface area contributed by atoms with Crippen LogP contribution in [0, 0.1) is 20.8 Å². The number of ether oxygens (including phenoxy) is 1. The van der Waals surface area contributed by atoms with Crippen LogP contribution in [0.1, 0.15) is 16.7 Å². The van der Waals surface area contributed by atoms with Crippen LogP contribution in [-0.4, -0.2) is 11.2 Å². The first-order valence-electron chi connectivity index (χ1n) is 7.90. The van der Waals surface area contributed by atoms with Gasteiger partial charge in [-0.15, -0.1) is 0 Å². The number of hydrogen-bond donors (Lipinski definition) is 0. The first-order chi connectivity index (χ1) is 11.8. The molecule has 0 saturated carbocycles. The smallest absolute Gasteiger partial charge is 0.422 e. The predicted octanol–water partition coefficient (Wildman–Crippen LogP) is 3.72. The maximum Gasteiger partial charge on any atom is 0.422 e. The van der Waals surface area contributed by atoms with Crippen molar-refractivity contribution < 1.29 is 9.15 Å². The molecule has 6 heteroatoms. The minimum Gasteiger partial charge on any atom is -0.492 e. The molecule has 0 N–H and O–H groups in total. The fourth-order valence-corrected chi connectivity index (χ4v) is 3.71. The van der Waals surface area contributed by atoms with Crippen molar-refractivity contribution in [1.82, 2.24) is 4.57 Å². The summed E-state index contributed by atoms with van der Waals surface area (Å²) in [7, 11) is 0. The maximum absolute atomic E-state index is 12.2. The fourth-order valence-electron chi connectivity index (χ4n) is 2.92. The van der Waals surface area contributed by atoms with E-state index in [9.17, 15) is 9.59 Å². The number of rotatable bonds is 4. The summed E-state index contributed by atoms with van der Waals surface area (Å²) in [6.45, 7) is 6.44. The molecule has 0 atom stereocenters. The third kappa shape index (κ3) is 3.69. The van der Waals surface area contributed by atoms with E-state index in [1.54, 1.807) is 6.07 Å². The van der Waals surface area contributed by atoms with Gasteiger partial charge in [-0.2, -0.15) is 0 Å². The largest absolute Gasteiger partial charge is 0.492 e. The molecule has 1 heterocycles. The normalized spacial score (nSPS) is 11.0. The van der Waals surface area contributed by atoms with Crippen molar-refractivity contribution in [3.63, 3.8) is 0 Å². The van der Waals surface area contributed by atoms with Gasteiger partial charge in [0, 0.05) is 4.47 Å². The van der Waals surface area contributed by atoms with Crippen molar-refractivity contribution in [2.75, 3.05) is 6.61 Å². The molecule has 0 saturated heterocycles. The summed E-state index contributed by atoms with van der Waals surface area (Å²) < 4.78 is 12.7. The van der Waals surface area contributed by atoms with Gasteiger partial charge in [0.2, 0.25) is 0 Å². The summed E-state index contributed by atoms with van der Waals surface area (Å²) in [5.74, 6) is 0.0632. The number of aromatic nitrogens is 1. The average Bonchev–Trinajstić information content (AvgIpc) is 2.49. The number of benzene rings is 2. The SMILES string of the molecule is Cc1cc(C)cc(OCCn2c(=O)oc(=O)c3cc(C)cc(Br)c32)c1. The van der Waals surface area contributed by atoms with Crippen LogP contribution < -0.4 is 16.1 Å². The van der Waals surface area contributed by atoms with Crippen LogP contribution in [-0.2, 0) is 6.54 Å². The summed E-state index contributed by atoms with van der Waals surface area (Å²) in [6.07, 6.45) is 0. The molecule has 0 bridgehead atoms. The Bertz CT molecular complexity index is 1050. The van der Waals surface area contributed by atoms with Crippen LogP contribution >= 0.6 is 15.9 Å². The maximum atomic E-state index is 12.2. The lowest BCUT2D eigenvalue weighted by Gasteiger charge is -2.12. The average molecular weight is 404 g/mol. The highest BCUT2D eigenvalue weighted by atomic mass is 79.9. The quantitative estimate of drug-likeness (QED) is 0.665. The van der Waals surface area contributed by atoms with Crippen LogP contribution in [0.5, 0.6) is 5.75 Å². The Labute approximate surface area is 153 Å². The highest BCUT2D eigenvalue weighted by Gasteiger charge is 2.13. The summed E-state index contributed by atoms with van der Waals surface area (Å²) in [5.41, 5.74) is 3.03. The Morgan fingerprint density at radius 2 is 1.64 bits per heavy atom. The number of nitrogens with zero attached hydrogens (tertiary/aromatic N) is 1. The molecular formula is C19H18BrNO4. The lowest BCUT2D eigenvalue weighted by molar-refractivity contribution is 0.287. The molecule has 0 aliphatic heterocycles. The Morgan fingerprint density at radius 3 is 2.32 bits per heavy atom. The summed E-state index contributed by atoms with van der Waals surface area (Å²) in [4.78, 5) is 24.2. The Morgan fingerprint density at radius 1 is 1.00 bits per heavy atom. The van der Waals surface area contributed by atoms with Crippen molar-refractivity contribution >= 4 is 26.8 Å². The Hall–Kier alpha value is -2.34. The van der Waals surface area contributed by atoms with Crippen molar-refractivity contribution in [3.05, 3.63) is 72.5 Å². The van der Waals surface area contributed by atoms with E-state index in [0.717, 1.165) is 22.4 Å². The van der Waals surface area contributed by atoms with Crippen molar-refractivity contribution in [2.45, 2.75) is 27.3 Å². The first kappa shape index (κ1) is 17.5. The molecule has 0 radical (unpaired) electrons. The lowest BCUT2D eigenvalue weighted by Crippen LogP contribution is -2.27. The number of fused-ring (bicyclic) bond motifs is 1. The Balaban J connectivity index is 1.94. The van der Waals surface area contributed by atoms with E-state index < -0.39 is 11.4 Å². The van der Waals surface area contributed by atoms with Gasteiger partial charge in [-0.05, 0) is 77.7 Å². The first-order valence-corrected chi connectivity index (χ1v) is 8.69. The van der Waals surface area contributed by atoms with Gasteiger partial charge in [0.05, 0.1) is 17.4 Å². The molecule has 0 aliphatic rings. The third-order valence-corrected chi connectivity index (χ3v) is 4.48. The van der Waals surface area contributed by atoms with Gasteiger partial charge < -0.3 is 9.15 Å². The van der Waals surface area contributed by atoms with E-state index in [1.807, 2.05) is 39.0 Å². The highest BCUT2D eigenvalue weighted by molar-refractivity contribution is 9.10. The summed E-state index contributed by atoms with van der Waals surface area (Å²) >= 11 is 3.44. The molecular weight excluding hydrogens is 386 g/mol. The minimum absolute atomic E-state index is 0.272. The lowest BCUT2D eigenvalue weighted by atomic mass is 10.1. The molecule has 0 spiro atoms. The molecule has 0 amide bonds. The molecule has 25 heavy (non-hydrogen) atoms. The molecule has 2 aromatic carbocycles. The van der Waals surface area contributed by atoms with Crippen molar-refractivity contribution in [3.8, 4) is 5.75 Å². The summed E-state index contributed by atoms with van der Waals surface area (Å²) in [5, 5.41) is 0.373. The van der Waals surface area contributed by atoms with Crippen LogP contribution in [0.3, 0.4) is 0 Å². The molecule has 1 aromatic heterocycles. The van der Waals surface area contributed by atoms with Crippen molar-refractivity contribution in [2.24, 2.45) is 0 Å². The molecule has 130 valence electrons. The monoisotopic (exact) mass is 403 g/mol. The van der Waals surface area contributed by atoms with E-state index in [0.29, 0.717) is 15.4 Å². The standard InChI is InChI=1S/C19H18BrNO4/c1-11-6-12(2)8-14(7-11)24-5-4-21-17-15(18(22)25-19(21)23)9-13(3)10-16(17)20/h6-10H,4-5H2,1-3H3. The second kappa shape index (κ2) is 6.88. The highest BCUT2D eigenvalue weighted by Crippen LogP contribution is 2.23. The molecule has 5 nitrogen and oxygen atoms in total. The van der Waals surface area contributed by atoms with Gasteiger partial charge in [-0.1, -0.05) is 6.07 Å². The molecule has 3 aromatic rings. The predicted molar refractivity (Wildman–Crippen MR) is 101 cm³/mol. The van der Waals surface area contributed by atoms with Gasteiger partial charge in [0.1, 0.15) is 12.4 Å². The zero-order valence-corrected chi connectivity index (χ0v) is 15.8. The van der Waals surface area contributed by atoms with Gasteiger partial charge in [-0.3, -0.25) is 4.57 Å². The van der Waals surface area contributed by atoms with Crippen LogP contribution in [0.2, 0.25) is 0 Å². The second-order valence-electron chi connectivity index (χ2n) is 6.12. The number of halogens is 1. The van der Waals surface area contributed by atoms with Gasteiger partial charge in [0.15, 0.2) is 0 Å². The third-order valence-electron chi connectivity index (χ3n) is 3.88. The molecule has 0 aliphatic carbocycles. The van der Waals surface area contributed by atoms with Gasteiger partial charge >= 0.3 is 11.4 Å². The summed E-state index contributed by atoms with van der Waals surface area (Å²) in [6, 6.07) is 9.53. The van der Waals surface area contributed by atoms with E-state index in [4.69, 9.17) is 9.15 Å². The Kier molecular flexibility index (Phi) is 4.81. The van der Waals surface area contributed by atoms with Crippen LogP contribution in [0.15, 0.2) is 48.8 Å². The molecule has 0 unspecified atom stereocenters. The number of aryl methyl sites for hydroxylation is 3. The second-order valence-corrected chi connectivity index (χ2v) is 6.98. The van der Waals surface area contributed by atoms with Crippen LogP contribution in [0.25, 0.3) is 10.9 Å². The van der Waals surface area contributed by atoms with E-state index >= 15 is 0 Å². The van der Waals surface area contributed by atoms with E-state index in [2.05, 4.69) is 22.0 Å². The van der Waals surface area contributed by atoms with Gasteiger partial charge in [-0.25, -0.2) is 9.59 Å². The van der Waals surface area contributed by atoms with Crippen LogP contribution in [0.4, 0.5) is 0 Å². The zero-order chi connectivity index (χ0) is 18.1. The van der Waals surface area contributed by atoms with E-state index in [-0.39, 0.29) is 13.2 Å². The minimum atomic E-state index is -0.689. The fraction of sp³-hybridized carbons (Fsp3) is 0.263. The van der Waals surface area contributed by atoms with Gasteiger partial charge in [0.25, 0.3) is 0 Å². The number of hydrogen-bond acceptors (Lipinski definition) is 4. The topological polar surface area (TPSA) is 61.4 Å². The van der Waals surface area contributed by atoms with E-state index in [1.165, 1.54) is 4.57 Å². The zero-order valence-electron chi connectivity index (χ0n) is 14.3. The molecule has 0 fully saturated rings. The van der Waals surface area contributed by atoms with Crippen molar-refractivity contribution in [1.29, 1.82) is 0 Å². The molecule has 3 rings (SSSR count).